The first kappa shape index (κ1) is 13.6. The quantitative estimate of drug-likeness (QED) is 0.838. The van der Waals surface area contributed by atoms with Crippen molar-refractivity contribution in [1.82, 2.24) is 5.32 Å². The molecule has 1 aromatic rings. The van der Waals surface area contributed by atoms with Gasteiger partial charge in [0.25, 0.3) is 0 Å². The lowest BCUT2D eigenvalue weighted by molar-refractivity contribution is -0.121. The van der Waals surface area contributed by atoms with Crippen LogP contribution in [-0.4, -0.2) is 11.3 Å². The van der Waals surface area contributed by atoms with Crippen LogP contribution in [-0.2, 0) is 4.79 Å². The minimum Gasteiger partial charge on any atom is -0.348 e. The van der Waals surface area contributed by atoms with Gasteiger partial charge in [0.05, 0.1) is 6.04 Å². The van der Waals surface area contributed by atoms with E-state index in [4.69, 9.17) is 34.8 Å². The van der Waals surface area contributed by atoms with Gasteiger partial charge in [-0.2, -0.15) is 0 Å². The Kier molecular flexibility index (Phi) is 4.90. The van der Waals surface area contributed by atoms with Gasteiger partial charge in [-0.05, 0) is 31.5 Å². The Hall–Kier alpha value is -0.440. The third-order valence-electron chi connectivity index (χ3n) is 2.15. The van der Waals surface area contributed by atoms with Gasteiger partial charge in [-0.1, -0.05) is 29.3 Å². The van der Waals surface area contributed by atoms with Crippen LogP contribution in [0.1, 0.15) is 25.5 Å². The average molecular weight is 281 g/mol. The Bertz CT molecular complexity index is 393. The first-order valence-corrected chi connectivity index (χ1v) is 6.00. The highest BCUT2D eigenvalue weighted by molar-refractivity contribution is 6.35. The van der Waals surface area contributed by atoms with Crippen LogP contribution in [0.3, 0.4) is 0 Å². The lowest BCUT2D eigenvalue weighted by Crippen LogP contribution is -2.32. The normalized spacial score (nSPS) is 14.3. The molecule has 16 heavy (non-hydrogen) atoms. The van der Waals surface area contributed by atoms with Gasteiger partial charge in [0.15, 0.2) is 0 Å². The number of carbonyl (C=O) groups is 1. The van der Waals surface area contributed by atoms with E-state index in [1.807, 2.05) is 6.92 Å². The number of benzene rings is 1. The molecule has 1 rings (SSSR count). The van der Waals surface area contributed by atoms with Crippen LogP contribution in [0.5, 0.6) is 0 Å². The molecular weight excluding hydrogens is 268 g/mol. The Morgan fingerprint density at radius 1 is 1.31 bits per heavy atom. The summed E-state index contributed by atoms with van der Waals surface area (Å²) in [6.45, 7) is 3.46. The van der Waals surface area contributed by atoms with Gasteiger partial charge < -0.3 is 5.32 Å². The predicted octanol–water partition coefficient (Wildman–Crippen LogP) is 3.80. The predicted molar refractivity (Wildman–Crippen MR) is 68.3 cm³/mol. The van der Waals surface area contributed by atoms with Crippen LogP contribution in [0.2, 0.25) is 10.0 Å². The summed E-state index contributed by atoms with van der Waals surface area (Å²) in [5.41, 5.74) is 0.816. The number of nitrogens with one attached hydrogen (secondary N) is 1. The summed E-state index contributed by atoms with van der Waals surface area (Å²) in [7, 11) is 0. The fourth-order valence-corrected chi connectivity index (χ4v) is 1.89. The van der Waals surface area contributed by atoms with E-state index < -0.39 is 5.38 Å². The third kappa shape index (κ3) is 3.55. The molecule has 2 nitrogen and oxygen atoms in total. The first-order chi connectivity index (χ1) is 7.41. The molecule has 0 aliphatic carbocycles. The van der Waals surface area contributed by atoms with Crippen molar-refractivity contribution >= 4 is 40.7 Å². The number of rotatable bonds is 3. The topological polar surface area (TPSA) is 29.1 Å². The van der Waals surface area contributed by atoms with Crippen LogP contribution in [0, 0.1) is 0 Å². The van der Waals surface area contributed by atoms with E-state index in [1.165, 1.54) is 0 Å². The molecule has 0 aliphatic rings. The Morgan fingerprint density at radius 3 is 2.44 bits per heavy atom. The maximum absolute atomic E-state index is 11.4. The monoisotopic (exact) mass is 279 g/mol. The van der Waals surface area contributed by atoms with Gasteiger partial charge in [-0.3, -0.25) is 4.79 Å². The van der Waals surface area contributed by atoms with Crippen molar-refractivity contribution in [2.45, 2.75) is 25.3 Å². The van der Waals surface area contributed by atoms with E-state index in [0.717, 1.165) is 5.56 Å². The van der Waals surface area contributed by atoms with E-state index in [1.54, 1.807) is 25.1 Å². The SMILES string of the molecule is CC(Cl)C(=O)NC(C)c1ccc(Cl)cc1Cl. The molecule has 2 unspecified atom stereocenters. The van der Waals surface area contributed by atoms with Gasteiger partial charge in [0, 0.05) is 10.0 Å². The molecular formula is C11H12Cl3NO. The molecule has 5 heteroatoms. The highest BCUT2D eigenvalue weighted by atomic mass is 35.5. The number of halogens is 3. The molecule has 0 aliphatic heterocycles. The zero-order chi connectivity index (χ0) is 12.3. The Balaban J connectivity index is 2.80. The highest BCUT2D eigenvalue weighted by Crippen LogP contribution is 2.26. The smallest absolute Gasteiger partial charge is 0.238 e. The number of hydrogen-bond acceptors (Lipinski definition) is 1. The maximum Gasteiger partial charge on any atom is 0.238 e. The van der Waals surface area contributed by atoms with Crippen LogP contribution in [0.4, 0.5) is 0 Å². The molecule has 1 amide bonds. The van der Waals surface area contributed by atoms with Crippen molar-refractivity contribution in [3.05, 3.63) is 33.8 Å². The van der Waals surface area contributed by atoms with Gasteiger partial charge in [-0.25, -0.2) is 0 Å². The molecule has 0 fully saturated rings. The fraction of sp³-hybridized carbons (Fsp3) is 0.364. The molecule has 0 spiro atoms. The zero-order valence-corrected chi connectivity index (χ0v) is 11.2. The van der Waals surface area contributed by atoms with Gasteiger partial charge in [-0.15, -0.1) is 11.6 Å². The second-order valence-electron chi connectivity index (χ2n) is 3.51. The molecule has 0 bridgehead atoms. The summed E-state index contributed by atoms with van der Waals surface area (Å²) in [5, 5.41) is 3.29. The molecule has 0 radical (unpaired) electrons. The molecule has 0 saturated carbocycles. The minimum absolute atomic E-state index is 0.196. The summed E-state index contributed by atoms with van der Waals surface area (Å²) in [6.07, 6.45) is 0. The number of amides is 1. The molecule has 1 aromatic carbocycles. The first-order valence-electron chi connectivity index (χ1n) is 4.81. The van der Waals surface area contributed by atoms with Gasteiger partial charge in [0.2, 0.25) is 5.91 Å². The van der Waals surface area contributed by atoms with Crippen LogP contribution >= 0.6 is 34.8 Å². The molecule has 2 atom stereocenters. The summed E-state index contributed by atoms with van der Waals surface area (Å²) in [5.74, 6) is -0.222. The summed E-state index contributed by atoms with van der Waals surface area (Å²) < 4.78 is 0. The average Bonchev–Trinajstić information content (AvgIpc) is 2.16. The van der Waals surface area contributed by atoms with E-state index in [2.05, 4.69) is 5.32 Å². The van der Waals surface area contributed by atoms with E-state index in [0.29, 0.717) is 10.0 Å². The number of carbonyl (C=O) groups excluding carboxylic acids is 1. The summed E-state index contributed by atoms with van der Waals surface area (Å²) in [4.78, 5) is 11.4. The highest BCUT2D eigenvalue weighted by Gasteiger charge is 2.15. The number of hydrogen-bond donors (Lipinski definition) is 1. The van der Waals surface area contributed by atoms with E-state index in [9.17, 15) is 4.79 Å². The van der Waals surface area contributed by atoms with Crippen molar-refractivity contribution in [3.63, 3.8) is 0 Å². The molecule has 0 aromatic heterocycles. The fourth-order valence-electron chi connectivity index (χ4n) is 1.26. The van der Waals surface area contributed by atoms with Crippen LogP contribution < -0.4 is 5.32 Å². The largest absolute Gasteiger partial charge is 0.348 e. The van der Waals surface area contributed by atoms with Gasteiger partial charge in [0.1, 0.15) is 5.38 Å². The van der Waals surface area contributed by atoms with Gasteiger partial charge >= 0.3 is 0 Å². The van der Waals surface area contributed by atoms with Crippen LogP contribution in [0.15, 0.2) is 18.2 Å². The molecule has 88 valence electrons. The lowest BCUT2D eigenvalue weighted by Gasteiger charge is -2.16. The summed E-state index contributed by atoms with van der Waals surface area (Å²) in [6, 6.07) is 4.97. The van der Waals surface area contributed by atoms with E-state index >= 15 is 0 Å². The minimum atomic E-state index is -0.562. The molecule has 0 saturated heterocycles. The third-order valence-corrected chi connectivity index (χ3v) is 2.91. The van der Waals surface area contributed by atoms with Crippen molar-refractivity contribution in [1.29, 1.82) is 0 Å². The van der Waals surface area contributed by atoms with Crippen molar-refractivity contribution in [3.8, 4) is 0 Å². The van der Waals surface area contributed by atoms with Crippen molar-refractivity contribution in [2.75, 3.05) is 0 Å². The van der Waals surface area contributed by atoms with Crippen molar-refractivity contribution in [2.24, 2.45) is 0 Å². The Morgan fingerprint density at radius 2 is 1.94 bits per heavy atom. The molecule has 1 N–H and O–H groups in total. The standard InChI is InChI=1S/C11H12Cl3NO/c1-6(12)11(16)15-7(2)9-4-3-8(13)5-10(9)14/h3-7H,1-2H3,(H,15,16). The molecule has 0 heterocycles. The maximum atomic E-state index is 11.4. The zero-order valence-electron chi connectivity index (χ0n) is 8.93. The summed E-state index contributed by atoms with van der Waals surface area (Å²) >= 11 is 17.5. The number of alkyl halides is 1. The second-order valence-corrected chi connectivity index (χ2v) is 5.01. The second kappa shape index (κ2) is 5.76. The van der Waals surface area contributed by atoms with E-state index in [-0.39, 0.29) is 11.9 Å². The Labute approximate surface area is 110 Å². The van der Waals surface area contributed by atoms with Crippen LogP contribution in [0.25, 0.3) is 0 Å². The van der Waals surface area contributed by atoms with Crippen molar-refractivity contribution < 1.29 is 4.79 Å². The lowest BCUT2D eigenvalue weighted by atomic mass is 10.1.